The number of nitrogens with zero attached hydrogens (tertiary/aromatic N) is 4. The standard InChI is InChI=1S/C16H16N4O2/c1-19(11-12-4-3-6-17-9-12)16(21)14-10-18-20-7-5-13(22-2)8-15(14)20/h3-10H,11H2,1-2H3. The lowest BCUT2D eigenvalue weighted by Gasteiger charge is -2.16. The molecule has 0 aromatic carbocycles. The van der Waals surface area contributed by atoms with Gasteiger partial charge in [-0.3, -0.25) is 9.78 Å². The Hall–Kier alpha value is -2.89. The molecule has 0 aliphatic heterocycles. The molecule has 0 fully saturated rings. The van der Waals surface area contributed by atoms with Crippen LogP contribution >= 0.6 is 0 Å². The van der Waals surface area contributed by atoms with Crippen LogP contribution in [-0.4, -0.2) is 39.6 Å². The molecule has 0 unspecified atom stereocenters. The molecule has 3 heterocycles. The largest absolute Gasteiger partial charge is 0.497 e. The Balaban J connectivity index is 1.88. The van der Waals surface area contributed by atoms with Gasteiger partial charge in [-0.1, -0.05) is 6.07 Å². The molecule has 0 aliphatic carbocycles. The highest BCUT2D eigenvalue weighted by Crippen LogP contribution is 2.19. The van der Waals surface area contributed by atoms with Gasteiger partial charge in [0.05, 0.1) is 24.4 Å². The number of hydrogen-bond acceptors (Lipinski definition) is 4. The summed E-state index contributed by atoms with van der Waals surface area (Å²) in [6.45, 7) is 0.494. The first kappa shape index (κ1) is 14.1. The Bertz CT molecular complexity index is 798. The van der Waals surface area contributed by atoms with E-state index in [1.165, 1.54) is 0 Å². The van der Waals surface area contributed by atoms with Crippen LogP contribution in [0, 0.1) is 0 Å². The summed E-state index contributed by atoms with van der Waals surface area (Å²) in [5, 5.41) is 4.21. The van der Waals surface area contributed by atoms with Gasteiger partial charge < -0.3 is 9.64 Å². The Labute approximate surface area is 128 Å². The maximum Gasteiger partial charge on any atom is 0.257 e. The van der Waals surface area contributed by atoms with Crippen molar-refractivity contribution >= 4 is 11.4 Å². The second-order valence-corrected chi connectivity index (χ2v) is 4.98. The van der Waals surface area contributed by atoms with Crippen LogP contribution in [-0.2, 0) is 6.54 Å². The summed E-state index contributed by atoms with van der Waals surface area (Å²) in [5.41, 5.74) is 2.25. The number of pyridine rings is 2. The van der Waals surface area contributed by atoms with Crippen molar-refractivity contribution in [3.63, 3.8) is 0 Å². The van der Waals surface area contributed by atoms with Gasteiger partial charge in [0.1, 0.15) is 5.75 Å². The molecule has 3 aromatic heterocycles. The summed E-state index contributed by atoms with van der Waals surface area (Å²) in [7, 11) is 3.36. The van der Waals surface area contributed by atoms with Gasteiger partial charge >= 0.3 is 0 Å². The van der Waals surface area contributed by atoms with Gasteiger partial charge in [-0.05, 0) is 17.7 Å². The monoisotopic (exact) mass is 296 g/mol. The molecule has 0 saturated heterocycles. The van der Waals surface area contributed by atoms with Gasteiger partial charge in [-0.15, -0.1) is 0 Å². The fourth-order valence-corrected chi connectivity index (χ4v) is 2.30. The van der Waals surface area contributed by atoms with Crippen LogP contribution in [0.4, 0.5) is 0 Å². The van der Waals surface area contributed by atoms with E-state index in [1.807, 2.05) is 12.1 Å². The number of ether oxygens (including phenoxy) is 1. The average Bonchev–Trinajstić information content (AvgIpc) is 2.97. The lowest BCUT2D eigenvalue weighted by Crippen LogP contribution is -2.26. The molecule has 0 N–H and O–H groups in total. The van der Waals surface area contributed by atoms with Crippen molar-refractivity contribution in [3.05, 3.63) is 60.2 Å². The Morgan fingerprint density at radius 3 is 2.95 bits per heavy atom. The zero-order valence-corrected chi connectivity index (χ0v) is 12.4. The lowest BCUT2D eigenvalue weighted by molar-refractivity contribution is 0.0787. The van der Waals surface area contributed by atoms with Crippen LogP contribution in [0.25, 0.3) is 5.52 Å². The highest BCUT2D eigenvalue weighted by Gasteiger charge is 2.17. The topological polar surface area (TPSA) is 59.7 Å². The third-order valence-corrected chi connectivity index (χ3v) is 3.45. The van der Waals surface area contributed by atoms with Gasteiger partial charge in [0, 0.05) is 38.2 Å². The first-order chi connectivity index (χ1) is 10.7. The number of methoxy groups -OCH3 is 1. The second kappa shape index (κ2) is 5.85. The maximum absolute atomic E-state index is 12.6. The van der Waals surface area contributed by atoms with Gasteiger partial charge in [-0.2, -0.15) is 5.10 Å². The molecular formula is C16H16N4O2. The minimum absolute atomic E-state index is 0.0906. The van der Waals surface area contributed by atoms with Crippen molar-refractivity contribution in [2.75, 3.05) is 14.2 Å². The zero-order valence-electron chi connectivity index (χ0n) is 12.4. The van der Waals surface area contributed by atoms with Gasteiger partial charge in [0.15, 0.2) is 0 Å². The first-order valence-electron chi connectivity index (χ1n) is 6.85. The summed E-state index contributed by atoms with van der Waals surface area (Å²) in [4.78, 5) is 18.3. The minimum atomic E-state index is -0.0906. The summed E-state index contributed by atoms with van der Waals surface area (Å²) >= 11 is 0. The molecule has 0 bridgehead atoms. The molecule has 0 saturated carbocycles. The SMILES string of the molecule is COc1ccn2ncc(C(=O)N(C)Cc3cccnc3)c2c1. The fourth-order valence-electron chi connectivity index (χ4n) is 2.30. The van der Waals surface area contributed by atoms with Crippen molar-refractivity contribution < 1.29 is 9.53 Å². The lowest BCUT2D eigenvalue weighted by atomic mass is 10.2. The third kappa shape index (κ3) is 2.63. The molecule has 3 rings (SSSR count). The molecule has 0 spiro atoms. The maximum atomic E-state index is 12.6. The Morgan fingerprint density at radius 1 is 1.36 bits per heavy atom. The summed E-state index contributed by atoms with van der Waals surface area (Å²) in [6.07, 6.45) is 6.81. The molecule has 6 heteroatoms. The Morgan fingerprint density at radius 2 is 2.23 bits per heavy atom. The Kier molecular flexibility index (Phi) is 3.74. The van der Waals surface area contributed by atoms with Crippen LogP contribution in [0.1, 0.15) is 15.9 Å². The summed E-state index contributed by atoms with van der Waals surface area (Å²) < 4.78 is 6.87. The van der Waals surface area contributed by atoms with Crippen molar-refractivity contribution in [2.45, 2.75) is 6.54 Å². The third-order valence-electron chi connectivity index (χ3n) is 3.45. The predicted molar refractivity (Wildman–Crippen MR) is 81.8 cm³/mol. The van der Waals surface area contributed by atoms with E-state index < -0.39 is 0 Å². The number of amides is 1. The molecule has 3 aromatic rings. The number of carbonyl (C=O) groups is 1. The van der Waals surface area contributed by atoms with E-state index in [4.69, 9.17) is 4.74 Å². The van der Waals surface area contributed by atoms with Crippen LogP contribution in [0.5, 0.6) is 5.75 Å². The average molecular weight is 296 g/mol. The van der Waals surface area contributed by atoms with Crippen LogP contribution in [0.2, 0.25) is 0 Å². The second-order valence-electron chi connectivity index (χ2n) is 4.98. The molecular weight excluding hydrogens is 280 g/mol. The van der Waals surface area contributed by atoms with Crippen LogP contribution in [0.3, 0.4) is 0 Å². The van der Waals surface area contributed by atoms with Crippen LogP contribution in [0.15, 0.2) is 49.1 Å². The molecule has 0 atom stereocenters. The normalized spacial score (nSPS) is 10.6. The zero-order chi connectivity index (χ0) is 15.5. The van der Waals surface area contributed by atoms with E-state index in [-0.39, 0.29) is 5.91 Å². The van der Waals surface area contributed by atoms with Gasteiger partial charge in [0.2, 0.25) is 0 Å². The summed E-state index contributed by atoms with van der Waals surface area (Å²) in [6, 6.07) is 7.40. The minimum Gasteiger partial charge on any atom is -0.497 e. The molecule has 0 aliphatic rings. The van der Waals surface area contributed by atoms with Crippen molar-refractivity contribution in [1.82, 2.24) is 19.5 Å². The van der Waals surface area contributed by atoms with Crippen molar-refractivity contribution in [3.8, 4) is 5.75 Å². The first-order valence-corrected chi connectivity index (χ1v) is 6.85. The van der Waals surface area contributed by atoms with Crippen LogP contribution < -0.4 is 4.74 Å². The highest BCUT2D eigenvalue weighted by molar-refractivity contribution is 6.00. The van der Waals surface area contributed by atoms with E-state index >= 15 is 0 Å². The van der Waals surface area contributed by atoms with Crippen molar-refractivity contribution in [2.24, 2.45) is 0 Å². The van der Waals surface area contributed by atoms with Crippen molar-refractivity contribution in [1.29, 1.82) is 0 Å². The highest BCUT2D eigenvalue weighted by atomic mass is 16.5. The van der Waals surface area contributed by atoms with E-state index in [1.54, 1.807) is 60.5 Å². The molecule has 22 heavy (non-hydrogen) atoms. The molecule has 0 radical (unpaired) electrons. The molecule has 1 amide bonds. The number of aromatic nitrogens is 3. The van der Waals surface area contributed by atoms with Gasteiger partial charge in [-0.25, -0.2) is 4.52 Å². The van der Waals surface area contributed by atoms with E-state index in [0.29, 0.717) is 17.9 Å². The number of fused-ring (bicyclic) bond motifs is 1. The molecule has 6 nitrogen and oxygen atoms in total. The van der Waals surface area contributed by atoms with E-state index in [2.05, 4.69) is 10.1 Å². The van der Waals surface area contributed by atoms with E-state index in [9.17, 15) is 4.79 Å². The number of hydrogen-bond donors (Lipinski definition) is 0. The molecule has 112 valence electrons. The summed E-state index contributed by atoms with van der Waals surface area (Å²) in [5.74, 6) is 0.601. The van der Waals surface area contributed by atoms with Gasteiger partial charge in [0.25, 0.3) is 5.91 Å². The number of carbonyl (C=O) groups excluding carboxylic acids is 1. The number of rotatable bonds is 4. The predicted octanol–water partition coefficient (Wildman–Crippen LogP) is 2.01. The quantitative estimate of drug-likeness (QED) is 0.739. The smallest absolute Gasteiger partial charge is 0.257 e. The fraction of sp³-hybridized carbons (Fsp3) is 0.188. The van der Waals surface area contributed by atoms with E-state index in [0.717, 1.165) is 11.1 Å².